The predicted octanol–water partition coefficient (Wildman–Crippen LogP) is 15.3. The molecule has 77 heavy (non-hydrogen) atoms. The zero-order valence-corrected chi connectivity index (χ0v) is 45.5. The van der Waals surface area contributed by atoms with E-state index in [0.29, 0.717) is 59.5 Å². The van der Waals surface area contributed by atoms with Crippen molar-refractivity contribution in [1.82, 2.24) is 0 Å². The van der Waals surface area contributed by atoms with Gasteiger partial charge in [-0.15, -0.1) is 0 Å². The van der Waals surface area contributed by atoms with Crippen molar-refractivity contribution in [3.05, 3.63) is 344 Å². The fourth-order valence-electron chi connectivity index (χ4n) is 11.8. The van der Waals surface area contributed by atoms with Gasteiger partial charge in [0.2, 0.25) is 0 Å². The quantitative estimate of drug-likeness (QED) is 0.0709. The van der Waals surface area contributed by atoms with Crippen molar-refractivity contribution < 1.29 is 42.1 Å². The number of allylic oxidation sites excluding steroid dienone is 4. The summed E-state index contributed by atoms with van der Waals surface area (Å²) in [4.78, 5) is 51.6. The van der Waals surface area contributed by atoms with E-state index in [-0.39, 0.29) is 0 Å². The van der Waals surface area contributed by atoms with E-state index in [4.69, 9.17) is 9.96 Å². The van der Waals surface area contributed by atoms with Crippen molar-refractivity contribution in [2.45, 2.75) is 50.9 Å². The van der Waals surface area contributed by atoms with Crippen LogP contribution in [0.5, 0.6) is 0 Å². The van der Waals surface area contributed by atoms with E-state index in [9.17, 15) is 0 Å². The first-order valence-electron chi connectivity index (χ1n) is 26.0. The average molecular weight is 1050 g/mol. The number of benzene rings is 9. The topological polar surface area (TPSA) is 78.9 Å². The summed E-state index contributed by atoms with van der Waals surface area (Å²) in [7, 11) is 0. The van der Waals surface area contributed by atoms with Gasteiger partial charge in [-0.3, -0.25) is 0 Å². The second kappa shape index (κ2) is 21.7. The first kappa shape index (κ1) is 52.0. The van der Waals surface area contributed by atoms with Crippen molar-refractivity contribution in [3.8, 4) is 0 Å². The molecule has 0 saturated heterocycles. The van der Waals surface area contributed by atoms with Crippen molar-refractivity contribution in [3.63, 3.8) is 0 Å². The fourth-order valence-corrected chi connectivity index (χ4v) is 16.8. The average Bonchev–Trinajstić information content (AvgIpc) is 3.71. The number of hydrogen-bond donors (Lipinski definition) is 0. The Balaban J connectivity index is 1.34. The third kappa shape index (κ3) is 8.91. The van der Waals surface area contributed by atoms with Crippen LogP contribution in [0.15, 0.2) is 294 Å². The zero-order valence-electron chi connectivity index (χ0n) is 43.9. The summed E-state index contributed by atoms with van der Waals surface area (Å²) in [5, 5.41) is 0. The summed E-state index contributed by atoms with van der Waals surface area (Å²) in [6.45, 7) is 10.1. The minimum absolute atomic E-state index is 0.455. The SMILES string of the molecule is CC1=C(C)C(C)(C)[C]([Ti]([O]C(=O)C(c2ccccc2)(c2ccccc2)c2ccccc2)([O]C(=O)C(c2ccccc2)(c2ccccc2)c2ccccc2)[O]C(=O)C(c2ccccc2)(c2ccccc2)c2ccccc2)=C1C. The van der Waals surface area contributed by atoms with Gasteiger partial charge in [-0.25, -0.2) is 0 Å². The molecule has 0 radical (unpaired) electrons. The van der Waals surface area contributed by atoms with E-state index in [1.54, 1.807) is 0 Å². The predicted molar refractivity (Wildman–Crippen MR) is 301 cm³/mol. The maximum atomic E-state index is 17.2. The molecule has 0 amide bonds. The Morgan fingerprint density at radius 3 is 0.610 bits per heavy atom. The maximum absolute atomic E-state index is 17.2. The Morgan fingerprint density at radius 2 is 0.468 bits per heavy atom. The molecule has 0 atom stereocenters. The Morgan fingerprint density at radius 1 is 0.299 bits per heavy atom. The zero-order chi connectivity index (χ0) is 53.7. The minimum atomic E-state index is -6.48. The molecule has 0 saturated carbocycles. The molecule has 1 aliphatic rings. The molecule has 1 aliphatic carbocycles. The molecule has 0 unspecified atom stereocenters. The number of rotatable bonds is 16. The summed E-state index contributed by atoms with van der Waals surface area (Å²) in [6, 6.07) is 85.5. The standard InChI is InChI=1S/3C20H16O2.C10H15.Ti/c3*21-19(22)20(16-10-4-1-5-11-16,17-12-6-2-7-13-17)18-14-8-3-9-15-18;1-7-6-10(4,5)9(3)8(7)2;/h3*1-15H,(H,21,22);1-5H3;/q;;;;+3/p-3. The monoisotopic (exact) mass is 1040 g/mol. The molecule has 7 heteroatoms. The summed E-state index contributed by atoms with van der Waals surface area (Å²) >= 11 is -6.48. The van der Waals surface area contributed by atoms with Gasteiger partial charge in [0.25, 0.3) is 0 Å². The Labute approximate surface area is 457 Å². The molecule has 0 aromatic heterocycles. The van der Waals surface area contributed by atoms with Gasteiger partial charge in [0.05, 0.1) is 0 Å². The molecule has 9 aromatic rings. The number of hydrogen-bond acceptors (Lipinski definition) is 6. The van der Waals surface area contributed by atoms with E-state index in [2.05, 4.69) is 0 Å². The molecule has 10 rings (SSSR count). The second-order valence-electron chi connectivity index (χ2n) is 20.1. The van der Waals surface area contributed by atoms with Crippen LogP contribution in [0, 0.1) is 5.41 Å². The molecule has 0 spiro atoms. The fraction of sp³-hybridized carbons (Fsp3) is 0.129. The Bertz CT molecular complexity index is 2940. The van der Waals surface area contributed by atoms with E-state index in [1.807, 2.05) is 308 Å². The van der Waals surface area contributed by atoms with Crippen LogP contribution in [0.4, 0.5) is 0 Å². The van der Waals surface area contributed by atoms with Crippen LogP contribution < -0.4 is 0 Å². The Kier molecular flexibility index (Phi) is 14.6. The van der Waals surface area contributed by atoms with Crippen LogP contribution in [0.1, 0.15) is 84.7 Å². The van der Waals surface area contributed by atoms with Crippen LogP contribution in [0.25, 0.3) is 0 Å². The summed E-state index contributed by atoms with van der Waals surface area (Å²) in [5.74, 6) is -2.35. The van der Waals surface area contributed by atoms with E-state index >= 15 is 14.4 Å². The third-order valence-corrected chi connectivity index (χ3v) is 20.5. The van der Waals surface area contributed by atoms with Crippen LogP contribution in [-0.4, -0.2) is 17.9 Å². The van der Waals surface area contributed by atoms with Crippen LogP contribution in [0.2, 0.25) is 0 Å². The van der Waals surface area contributed by atoms with Crippen LogP contribution in [-0.2, 0) is 58.3 Å². The molecule has 9 aromatic carbocycles. The summed E-state index contributed by atoms with van der Waals surface area (Å²) in [5.41, 5.74) is 1.80. The van der Waals surface area contributed by atoms with Gasteiger partial charge in [-0.1, -0.05) is 0 Å². The van der Waals surface area contributed by atoms with E-state index in [1.165, 1.54) is 0 Å². The van der Waals surface area contributed by atoms with Gasteiger partial charge >= 0.3 is 460 Å². The normalized spacial score (nSPS) is 13.7. The molecular weight excluding hydrogens is 985 g/mol. The van der Waals surface area contributed by atoms with Crippen LogP contribution >= 0.6 is 0 Å². The van der Waals surface area contributed by atoms with Crippen molar-refractivity contribution in [2.75, 3.05) is 0 Å². The van der Waals surface area contributed by atoms with Crippen LogP contribution in [0.3, 0.4) is 0 Å². The van der Waals surface area contributed by atoms with E-state index < -0.39 is 57.3 Å². The Hall–Kier alpha value is -8.42. The molecule has 6 nitrogen and oxygen atoms in total. The molecule has 380 valence electrons. The van der Waals surface area contributed by atoms with Crippen molar-refractivity contribution in [2.24, 2.45) is 5.41 Å². The molecule has 0 fully saturated rings. The molecule has 0 heterocycles. The second-order valence-corrected chi connectivity index (χ2v) is 23.6. The molecule has 0 aliphatic heterocycles. The molecule has 0 bridgehead atoms. The van der Waals surface area contributed by atoms with Crippen molar-refractivity contribution in [1.29, 1.82) is 0 Å². The summed E-state index contributed by atoms with van der Waals surface area (Å²) < 4.78 is 23.5. The number of carbonyl (C=O) groups is 3. The van der Waals surface area contributed by atoms with E-state index in [0.717, 1.165) is 11.1 Å². The number of carbonyl (C=O) groups excluding carboxylic acids is 3. The third-order valence-electron chi connectivity index (χ3n) is 15.8. The molecule has 0 N–H and O–H groups in total. The van der Waals surface area contributed by atoms with Gasteiger partial charge in [0.1, 0.15) is 0 Å². The first-order chi connectivity index (χ1) is 37.4. The van der Waals surface area contributed by atoms with Gasteiger partial charge in [0.15, 0.2) is 0 Å². The van der Waals surface area contributed by atoms with Gasteiger partial charge in [0, 0.05) is 0 Å². The first-order valence-corrected chi connectivity index (χ1v) is 28.7. The van der Waals surface area contributed by atoms with Gasteiger partial charge < -0.3 is 0 Å². The van der Waals surface area contributed by atoms with Gasteiger partial charge in [-0.05, 0) is 0 Å². The van der Waals surface area contributed by atoms with Gasteiger partial charge in [-0.2, -0.15) is 0 Å². The summed E-state index contributed by atoms with van der Waals surface area (Å²) in [6.07, 6.45) is 0. The molecular formula is C70H60O6Ti. The van der Waals surface area contributed by atoms with Crippen molar-refractivity contribution >= 4 is 17.9 Å².